The SMILES string of the molecule is CCNC(c1ccccc1)C(Sc1nc(C)co1)C(C)C. The van der Waals surface area contributed by atoms with Gasteiger partial charge in [0, 0.05) is 11.3 Å². The molecule has 4 heteroatoms. The first-order chi connectivity index (χ1) is 10.1. The fraction of sp³-hybridized carbons (Fsp3) is 0.471. The van der Waals surface area contributed by atoms with Crippen LogP contribution in [0, 0.1) is 12.8 Å². The Bertz CT molecular complexity index is 539. The molecule has 0 spiro atoms. The van der Waals surface area contributed by atoms with E-state index >= 15 is 0 Å². The van der Waals surface area contributed by atoms with E-state index in [-0.39, 0.29) is 6.04 Å². The summed E-state index contributed by atoms with van der Waals surface area (Å²) in [4.78, 5) is 4.44. The van der Waals surface area contributed by atoms with Crippen molar-refractivity contribution in [1.82, 2.24) is 10.3 Å². The highest BCUT2D eigenvalue weighted by Crippen LogP contribution is 2.36. The number of nitrogens with zero attached hydrogens (tertiary/aromatic N) is 1. The molecule has 3 nitrogen and oxygen atoms in total. The summed E-state index contributed by atoms with van der Waals surface area (Å²) < 4.78 is 5.53. The van der Waals surface area contributed by atoms with Crippen molar-refractivity contribution in [1.29, 1.82) is 0 Å². The third-order valence-corrected chi connectivity index (χ3v) is 4.88. The van der Waals surface area contributed by atoms with Crippen molar-refractivity contribution in [3.8, 4) is 0 Å². The zero-order valence-electron chi connectivity index (χ0n) is 13.2. The number of rotatable bonds is 7. The van der Waals surface area contributed by atoms with Crippen molar-refractivity contribution in [2.45, 2.75) is 44.2 Å². The molecule has 0 amide bonds. The zero-order chi connectivity index (χ0) is 15.2. The topological polar surface area (TPSA) is 38.1 Å². The van der Waals surface area contributed by atoms with Crippen LogP contribution in [-0.4, -0.2) is 16.8 Å². The second-order valence-corrected chi connectivity index (χ2v) is 6.66. The van der Waals surface area contributed by atoms with Crippen molar-refractivity contribution in [2.75, 3.05) is 6.54 Å². The largest absolute Gasteiger partial charge is 0.440 e. The van der Waals surface area contributed by atoms with Crippen molar-refractivity contribution < 1.29 is 4.42 Å². The summed E-state index contributed by atoms with van der Waals surface area (Å²) in [6.07, 6.45) is 1.71. The van der Waals surface area contributed by atoms with Gasteiger partial charge in [0.15, 0.2) is 0 Å². The summed E-state index contributed by atoms with van der Waals surface area (Å²) in [7, 11) is 0. The molecule has 2 unspecified atom stereocenters. The van der Waals surface area contributed by atoms with Gasteiger partial charge < -0.3 is 9.73 Å². The maximum Gasteiger partial charge on any atom is 0.256 e. The van der Waals surface area contributed by atoms with Crippen LogP contribution in [-0.2, 0) is 0 Å². The molecule has 0 radical (unpaired) electrons. The number of benzene rings is 1. The van der Waals surface area contributed by atoms with Crippen LogP contribution in [0.4, 0.5) is 0 Å². The van der Waals surface area contributed by atoms with Crippen LogP contribution in [0.2, 0.25) is 0 Å². The van der Waals surface area contributed by atoms with E-state index in [1.165, 1.54) is 5.56 Å². The second kappa shape index (κ2) is 7.66. The van der Waals surface area contributed by atoms with Crippen molar-refractivity contribution in [3.63, 3.8) is 0 Å². The molecule has 0 bridgehead atoms. The van der Waals surface area contributed by atoms with Crippen LogP contribution in [0.3, 0.4) is 0 Å². The molecule has 0 fully saturated rings. The van der Waals surface area contributed by atoms with Gasteiger partial charge in [0.05, 0.1) is 5.69 Å². The normalized spacial score (nSPS) is 14.3. The van der Waals surface area contributed by atoms with Crippen LogP contribution in [0.1, 0.15) is 38.1 Å². The molecular formula is C17H24N2OS. The van der Waals surface area contributed by atoms with E-state index in [9.17, 15) is 0 Å². The van der Waals surface area contributed by atoms with Gasteiger partial charge in [0.1, 0.15) is 6.26 Å². The third-order valence-electron chi connectivity index (χ3n) is 3.40. The van der Waals surface area contributed by atoms with Crippen molar-refractivity contribution in [2.24, 2.45) is 5.92 Å². The van der Waals surface area contributed by atoms with Gasteiger partial charge >= 0.3 is 0 Å². The summed E-state index contributed by atoms with van der Waals surface area (Å²) in [5.74, 6) is 0.506. The van der Waals surface area contributed by atoms with E-state index in [1.807, 2.05) is 6.92 Å². The predicted octanol–water partition coefficient (Wildman–Crippen LogP) is 4.45. The monoisotopic (exact) mass is 304 g/mol. The number of oxazole rings is 1. The fourth-order valence-electron chi connectivity index (χ4n) is 2.40. The third kappa shape index (κ3) is 4.35. The number of aryl methyl sites for hydroxylation is 1. The predicted molar refractivity (Wildman–Crippen MR) is 88.6 cm³/mol. The minimum absolute atomic E-state index is 0.286. The maximum absolute atomic E-state index is 5.53. The summed E-state index contributed by atoms with van der Waals surface area (Å²) >= 11 is 1.72. The molecule has 0 aliphatic rings. The van der Waals surface area contributed by atoms with Crippen LogP contribution in [0.25, 0.3) is 0 Å². The van der Waals surface area contributed by atoms with E-state index in [4.69, 9.17) is 4.42 Å². The Hall–Kier alpha value is -1.26. The van der Waals surface area contributed by atoms with Gasteiger partial charge in [-0.1, -0.05) is 62.9 Å². The van der Waals surface area contributed by atoms with Crippen molar-refractivity contribution in [3.05, 3.63) is 47.9 Å². The van der Waals surface area contributed by atoms with E-state index in [0.29, 0.717) is 11.2 Å². The molecule has 0 aliphatic carbocycles. The van der Waals surface area contributed by atoms with Crippen LogP contribution >= 0.6 is 11.8 Å². The molecule has 21 heavy (non-hydrogen) atoms. The Balaban J connectivity index is 2.24. The highest BCUT2D eigenvalue weighted by atomic mass is 32.2. The van der Waals surface area contributed by atoms with Crippen molar-refractivity contribution >= 4 is 11.8 Å². The molecule has 1 aromatic carbocycles. The van der Waals surface area contributed by atoms with Gasteiger partial charge in [-0.15, -0.1) is 0 Å². The molecule has 114 valence electrons. The lowest BCUT2D eigenvalue weighted by Gasteiger charge is -2.29. The molecule has 2 rings (SSSR count). The minimum atomic E-state index is 0.286. The van der Waals surface area contributed by atoms with Gasteiger partial charge in [0.25, 0.3) is 5.22 Å². The Morgan fingerprint density at radius 1 is 1.24 bits per heavy atom. The number of nitrogens with one attached hydrogen (secondary N) is 1. The van der Waals surface area contributed by atoms with Crippen LogP contribution < -0.4 is 5.32 Å². The summed E-state index contributed by atoms with van der Waals surface area (Å²) in [5.41, 5.74) is 2.24. The van der Waals surface area contributed by atoms with Gasteiger partial charge in [0.2, 0.25) is 0 Å². The summed E-state index contributed by atoms with van der Waals surface area (Å²) in [6.45, 7) is 9.54. The Kier molecular flexibility index (Phi) is 5.88. The molecule has 1 aromatic heterocycles. The van der Waals surface area contributed by atoms with E-state index in [2.05, 4.69) is 61.4 Å². The van der Waals surface area contributed by atoms with E-state index in [1.54, 1.807) is 18.0 Å². The van der Waals surface area contributed by atoms with Crippen LogP contribution in [0.15, 0.2) is 46.2 Å². The Labute approximate surface area is 131 Å². The molecule has 1 N–H and O–H groups in total. The minimum Gasteiger partial charge on any atom is -0.440 e. The maximum atomic E-state index is 5.53. The van der Waals surface area contributed by atoms with Gasteiger partial charge in [-0.25, -0.2) is 4.98 Å². The number of hydrogen-bond acceptors (Lipinski definition) is 4. The highest BCUT2D eigenvalue weighted by molar-refractivity contribution is 7.99. The number of thioether (sulfide) groups is 1. The first-order valence-electron chi connectivity index (χ1n) is 7.49. The lowest BCUT2D eigenvalue weighted by molar-refractivity contribution is 0.430. The Morgan fingerprint density at radius 2 is 1.95 bits per heavy atom. The zero-order valence-corrected chi connectivity index (χ0v) is 14.0. The van der Waals surface area contributed by atoms with Gasteiger partial charge in [-0.3, -0.25) is 0 Å². The molecule has 0 aliphatic heterocycles. The molecule has 2 atom stereocenters. The average molecular weight is 304 g/mol. The first-order valence-corrected chi connectivity index (χ1v) is 8.37. The van der Waals surface area contributed by atoms with Gasteiger partial charge in [-0.2, -0.15) is 0 Å². The molecule has 0 saturated carbocycles. The average Bonchev–Trinajstić information content (AvgIpc) is 2.89. The van der Waals surface area contributed by atoms with E-state index in [0.717, 1.165) is 17.5 Å². The summed E-state index contributed by atoms with van der Waals surface area (Å²) in [6, 6.07) is 10.9. The van der Waals surface area contributed by atoms with Crippen LogP contribution in [0.5, 0.6) is 0 Å². The molecule has 1 heterocycles. The lowest BCUT2D eigenvalue weighted by atomic mass is 9.96. The molecule has 0 saturated heterocycles. The second-order valence-electron chi connectivity index (χ2n) is 5.53. The van der Waals surface area contributed by atoms with Gasteiger partial charge in [-0.05, 0) is 24.9 Å². The first kappa shape index (κ1) is 16.1. The lowest BCUT2D eigenvalue weighted by Crippen LogP contribution is -2.33. The Morgan fingerprint density at radius 3 is 2.48 bits per heavy atom. The number of hydrogen-bond donors (Lipinski definition) is 1. The molecular weight excluding hydrogens is 280 g/mol. The molecule has 2 aromatic rings. The number of aromatic nitrogens is 1. The fourth-order valence-corrected chi connectivity index (χ4v) is 3.59. The quantitative estimate of drug-likeness (QED) is 0.767. The van der Waals surface area contributed by atoms with E-state index < -0.39 is 0 Å². The standard InChI is InChI=1S/C17H24N2OS/c1-5-18-15(14-9-7-6-8-10-14)16(12(2)3)21-17-19-13(4)11-20-17/h6-12,15-16,18H,5H2,1-4H3. The smallest absolute Gasteiger partial charge is 0.256 e. The highest BCUT2D eigenvalue weighted by Gasteiger charge is 2.28. The summed E-state index contributed by atoms with van der Waals surface area (Å²) in [5, 5.41) is 4.74.